The van der Waals surface area contributed by atoms with Crippen molar-refractivity contribution >= 4 is 22.6 Å². The number of phenols is 1. The number of benzene rings is 2. The molecule has 0 atom stereocenters. The summed E-state index contributed by atoms with van der Waals surface area (Å²) in [6.45, 7) is 0. The summed E-state index contributed by atoms with van der Waals surface area (Å²) in [6, 6.07) is 12.4. The third kappa shape index (κ3) is 2.64. The second-order valence-corrected chi connectivity index (χ2v) is 7.33. The molecule has 5 rings (SSSR count). The van der Waals surface area contributed by atoms with Crippen molar-refractivity contribution in [3.05, 3.63) is 85.7 Å². The minimum Gasteiger partial charge on any atom is -0.508 e. The molecule has 0 amide bonds. The van der Waals surface area contributed by atoms with Crippen LogP contribution in [0.3, 0.4) is 0 Å². The number of nitrogens with zero attached hydrogens (tertiary/aromatic N) is 6. The second-order valence-electron chi connectivity index (χ2n) is 7.33. The second kappa shape index (κ2) is 6.67. The standard InChI is InChI=1S/C21H16N6O5/c1-23-18-17(19(29)24(2)21(23)30)25-11-16(12-4-3-5-14(10-12)27(31)32)26(20(25)22-18)13-6-8-15(28)9-7-13/h3-11,28H,1-2H3. The molecule has 0 fully saturated rings. The summed E-state index contributed by atoms with van der Waals surface area (Å²) in [5.41, 5.74) is 1.01. The van der Waals surface area contributed by atoms with Gasteiger partial charge in [-0.3, -0.25) is 33.0 Å². The van der Waals surface area contributed by atoms with Gasteiger partial charge in [-0.05, 0) is 24.3 Å². The van der Waals surface area contributed by atoms with Gasteiger partial charge < -0.3 is 5.11 Å². The summed E-state index contributed by atoms with van der Waals surface area (Å²) in [5.74, 6) is 0.407. The lowest BCUT2D eigenvalue weighted by Crippen LogP contribution is -2.37. The Morgan fingerprint density at radius 1 is 1.03 bits per heavy atom. The van der Waals surface area contributed by atoms with Gasteiger partial charge in [-0.2, -0.15) is 4.98 Å². The topological polar surface area (TPSA) is 130 Å². The van der Waals surface area contributed by atoms with E-state index in [1.54, 1.807) is 39.4 Å². The van der Waals surface area contributed by atoms with Crippen LogP contribution in [0.4, 0.5) is 5.69 Å². The minimum absolute atomic E-state index is 0.0681. The highest BCUT2D eigenvalue weighted by Crippen LogP contribution is 2.31. The summed E-state index contributed by atoms with van der Waals surface area (Å²) < 4.78 is 5.57. The summed E-state index contributed by atoms with van der Waals surface area (Å²) >= 11 is 0. The monoisotopic (exact) mass is 432 g/mol. The normalized spacial score (nSPS) is 11.4. The number of hydrogen-bond donors (Lipinski definition) is 1. The fourth-order valence-corrected chi connectivity index (χ4v) is 3.81. The van der Waals surface area contributed by atoms with Gasteiger partial charge in [0.1, 0.15) is 5.75 Å². The lowest BCUT2D eigenvalue weighted by molar-refractivity contribution is -0.384. The molecule has 11 nitrogen and oxygen atoms in total. The first kappa shape index (κ1) is 19.3. The molecular formula is C21H16N6O5. The van der Waals surface area contributed by atoms with Gasteiger partial charge in [0, 0.05) is 43.7 Å². The van der Waals surface area contributed by atoms with E-state index in [0.717, 1.165) is 4.57 Å². The van der Waals surface area contributed by atoms with E-state index in [1.165, 1.54) is 42.9 Å². The van der Waals surface area contributed by atoms with Crippen molar-refractivity contribution in [2.75, 3.05) is 0 Å². The Labute approximate surface area is 178 Å². The summed E-state index contributed by atoms with van der Waals surface area (Å²) in [4.78, 5) is 40.7. The Bertz CT molecular complexity index is 1670. The van der Waals surface area contributed by atoms with Crippen LogP contribution in [0.2, 0.25) is 0 Å². The average Bonchev–Trinajstić information content (AvgIpc) is 3.33. The van der Waals surface area contributed by atoms with Gasteiger partial charge >= 0.3 is 5.69 Å². The van der Waals surface area contributed by atoms with Crippen LogP contribution >= 0.6 is 0 Å². The maximum absolute atomic E-state index is 12.9. The van der Waals surface area contributed by atoms with E-state index in [2.05, 4.69) is 4.98 Å². The molecule has 160 valence electrons. The predicted octanol–water partition coefficient (Wildman–Crippen LogP) is 1.96. The van der Waals surface area contributed by atoms with E-state index >= 15 is 0 Å². The smallest absolute Gasteiger partial charge is 0.332 e. The fraction of sp³-hybridized carbons (Fsp3) is 0.0952. The van der Waals surface area contributed by atoms with Crippen molar-refractivity contribution < 1.29 is 10.0 Å². The molecule has 1 N–H and O–H groups in total. The Hall–Kier alpha value is -4.67. The van der Waals surface area contributed by atoms with Crippen LogP contribution in [0.25, 0.3) is 33.9 Å². The summed E-state index contributed by atoms with van der Waals surface area (Å²) in [7, 11) is 2.92. The molecule has 0 saturated carbocycles. The van der Waals surface area contributed by atoms with E-state index in [1.807, 2.05) is 0 Å². The van der Waals surface area contributed by atoms with Crippen LogP contribution in [-0.4, -0.2) is 33.1 Å². The molecular weight excluding hydrogens is 416 g/mol. The molecule has 0 bridgehead atoms. The van der Waals surface area contributed by atoms with E-state index in [4.69, 9.17) is 0 Å². The Kier molecular flexibility index (Phi) is 4.02. The number of aromatic hydroxyl groups is 1. The van der Waals surface area contributed by atoms with E-state index in [9.17, 15) is 24.8 Å². The van der Waals surface area contributed by atoms with Gasteiger partial charge in [0.05, 0.1) is 10.6 Å². The first-order valence-corrected chi connectivity index (χ1v) is 9.51. The quantitative estimate of drug-likeness (QED) is 0.343. The van der Waals surface area contributed by atoms with Gasteiger partial charge in [0.15, 0.2) is 11.2 Å². The summed E-state index contributed by atoms with van der Waals surface area (Å²) in [5, 5.41) is 21.0. The zero-order valence-corrected chi connectivity index (χ0v) is 17.0. The van der Waals surface area contributed by atoms with E-state index < -0.39 is 16.2 Å². The van der Waals surface area contributed by atoms with Crippen LogP contribution in [0, 0.1) is 10.1 Å². The molecule has 32 heavy (non-hydrogen) atoms. The zero-order chi connectivity index (χ0) is 22.7. The molecule has 5 aromatic rings. The number of non-ortho nitro benzene ring substituents is 1. The third-order valence-corrected chi connectivity index (χ3v) is 5.43. The number of fused-ring (bicyclic) bond motifs is 3. The van der Waals surface area contributed by atoms with Crippen LogP contribution in [-0.2, 0) is 14.1 Å². The number of rotatable bonds is 3. The minimum atomic E-state index is -0.510. The SMILES string of the molecule is Cn1c(=O)c2c(nc3n(-c4ccc(O)cc4)c(-c4cccc([N+](=O)[O-])c4)cn23)n(C)c1=O. The molecule has 0 aliphatic rings. The summed E-state index contributed by atoms with van der Waals surface area (Å²) in [6.07, 6.45) is 1.66. The van der Waals surface area contributed by atoms with Gasteiger partial charge in [-0.25, -0.2) is 4.79 Å². The van der Waals surface area contributed by atoms with E-state index in [0.29, 0.717) is 22.7 Å². The molecule has 0 aliphatic carbocycles. The Balaban J connectivity index is 1.94. The molecule has 2 aromatic carbocycles. The fourth-order valence-electron chi connectivity index (χ4n) is 3.81. The lowest BCUT2D eigenvalue weighted by Gasteiger charge is -2.09. The van der Waals surface area contributed by atoms with Gasteiger partial charge in [-0.15, -0.1) is 0 Å². The number of imidazole rings is 2. The number of phenolic OH excluding ortho intramolecular Hbond substituents is 1. The van der Waals surface area contributed by atoms with Crippen molar-refractivity contribution in [2.24, 2.45) is 14.1 Å². The largest absolute Gasteiger partial charge is 0.508 e. The Morgan fingerprint density at radius 3 is 2.44 bits per heavy atom. The zero-order valence-electron chi connectivity index (χ0n) is 17.0. The molecule has 3 aromatic heterocycles. The molecule has 0 aliphatic heterocycles. The molecule has 0 radical (unpaired) electrons. The number of hydrogen-bond acceptors (Lipinski definition) is 6. The highest BCUT2D eigenvalue weighted by atomic mass is 16.6. The number of aromatic nitrogens is 5. The van der Waals surface area contributed by atoms with Crippen LogP contribution < -0.4 is 11.2 Å². The third-order valence-electron chi connectivity index (χ3n) is 5.43. The first-order valence-electron chi connectivity index (χ1n) is 9.51. The number of nitro benzene ring substituents is 1. The van der Waals surface area contributed by atoms with E-state index in [-0.39, 0.29) is 22.6 Å². The van der Waals surface area contributed by atoms with Crippen molar-refractivity contribution in [3.63, 3.8) is 0 Å². The Morgan fingerprint density at radius 2 is 1.75 bits per heavy atom. The van der Waals surface area contributed by atoms with Gasteiger partial charge in [-0.1, -0.05) is 12.1 Å². The highest BCUT2D eigenvalue weighted by Gasteiger charge is 2.22. The van der Waals surface area contributed by atoms with Crippen molar-refractivity contribution in [2.45, 2.75) is 0 Å². The van der Waals surface area contributed by atoms with Crippen LogP contribution in [0.15, 0.2) is 64.3 Å². The lowest BCUT2D eigenvalue weighted by atomic mass is 10.1. The number of aryl methyl sites for hydroxylation is 1. The van der Waals surface area contributed by atoms with Gasteiger partial charge in [0.2, 0.25) is 5.78 Å². The maximum atomic E-state index is 12.9. The van der Waals surface area contributed by atoms with Crippen molar-refractivity contribution in [1.82, 2.24) is 23.1 Å². The molecule has 0 saturated heterocycles. The van der Waals surface area contributed by atoms with Crippen molar-refractivity contribution in [3.8, 4) is 22.7 Å². The molecule has 3 heterocycles. The maximum Gasteiger partial charge on any atom is 0.332 e. The van der Waals surface area contributed by atoms with Gasteiger partial charge in [0.25, 0.3) is 11.2 Å². The van der Waals surface area contributed by atoms with Crippen LogP contribution in [0.5, 0.6) is 5.75 Å². The predicted molar refractivity (Wildman–Crippen MR) is 116 cm³/mol. The molecule has 11 heteroatoms. The average molecular weight is 432 g/mol. The highest BCUT2D eigenvalue weighted by molar-refractivity contribution is 5.79. The molecule has 0 spiro atoms. The molecule has 0 unspecified atom stereocenters. The first-order chi connectivity index (χ1) is 15.3. The van der Waals surface area contributed by atoms with Crippen molar-refractivity contribution in [1.29, 1.82) is 0 Å². The number of nitro groups is 1. The van der Waals surface area contributed by atoms with Crippen LogP contribution in [0.1, 0.15) is 0 Å².